The average molecular weight is 435 g/mol. The molecule has 0 aliphatic carbocycles. The van der Waals surface area contributed by atoms with E-state index in [4.69, 9.17) is 9.15 Å². The van der Waals surface area contributed by atoms with E-state index in [1.807, 2.05) is 54.6 Å². The lowest BCUT2D eigenvalue weighted by atomic mass is 10.1. The summed E-state index contributed by atoms with van der Waals surface area (Å²) in [6.45, 7) is 4.55. The van der Waals surface area contributed by atoms with E-state index < -0.39 is 0 Å². The van der Waals surface area contributed by atoms with Gasteiger partial charge in [0.05, 0.1) is 19.4 Å². The number of furan rings is 1. The van der Waals surface area contributed by atoms with Crippen LogP contribution in [0.5, 0.6) is 5.75 Å². The van der Waals surface area contributed by atoms with Gasteiger partial charge in [0, 0.05) is 45.0 Å². The first-order valence-corrected chi connectivity index (χ1v) is 10.9. The Balaban J connectivity index is 1.31. The Hall–Kier alpha value is -3.45. The second kappa shape index (κ2) is 10.7. The molecule has 2 aromatic carbocycles. The molecule has 2 amide bonds. The number of ether oxygens (including phenoxy) is 1. The molecule has 2 N–H and O–H groups in total. The topological polar surface area (TPSA) is 70.0 Å². The summed E-state index contributed by atoms with van der Waals surface area (Å²) in [6.07, 6.45) is 1.69. The molecule has 1 fully saturated rings. The standard InChI is InChI=1S/C25H30N4O3/c1-31-22-11-9-21(10-12-22)28-13-15-29(16-14-28)23(24-8-5-17-32-24)19-27-25(30)26-18-20-6-3-2-4-7-20/h2-12,17,23H,13-16,18-19H2,1H3,(H2,26,27,30). The van der Waals surface area contributed by atoms with E-state index in [0.717, 1.165) is 43.3 Å². The number of benzene rings is 2. The van der Waals surface area contributed by atoms with Crippen molar-refractivity contribution < 1.29 is 13.9 Å². The molecule has 168 valence electrons. The Kier molecular flexibility index (Phi) is 7.30. The maximum atomic E-state index is 12.4. The van der Waals surface area contributed by atoms with E-state index in [9.17, 15) is 4.79 Å². The Morgan fingerprint density at radius 2 is 1.72 bits per heavy atom. The van der Waals surface area contributed by atoms with E-state index in [-0.39, 0.29) is 12.1 Å². The van der Waals surface area contributed by atoms with Crippen LogP contribution in [-0.4, -0.2) is 50.8 Å². The van der Waals surface area contributed by atoms with E-state index in [1.54, 1.807) is 13.4 Å². The molecule has 1 aliphatic rings. The van der Waals surface area contributed by atoms with E-state index in [0.29, 0.717) is 13.1 Å². The van der Waals surface area contributed by atoms with Crippen molar-refractivity contribution in [3.8, 4) is 5.75 Å². The van der Waals surface area contributed by atoms with Crippen molar-refractivity contribution in [3.63, 3.8) is 0 Å². The number of amides is 2. The van der Waals surface area contributed by atoms with Gasteiger partial charge in [-0.25, -0.2) is 4.79 Å². The van der Waals surface area contributed by atoms with Gasteiger partial charge in [0.15, 0.2) is 0 Å². The summed E-state index contributed by atoms with van der Waals surface area (Å²) in [5.41, 5.74) is 2.26. The number of nitrogens with zero attached hydrogens (tertiary/aromatic N) is 2. The van der Waals surface area contributed by atoms with Gasteiger partial charge in [0.2, 0.25) is 0 Å². The quantitative estimate of drug-likeness (QED) is 0.566. The highest BCUT2D eigenvalue weighted by molar-refractivity contribution is 5.73. The Bertz CT molecular complexity index is 953. The van der Waals surface area contributed by atoms with Crippen LogP contribution in [0.2, 0.25) is 0 Å². The van der Waals surface area contributed by atoms with Crippen molar-refractivity contribution in [1.29, 1.82) is 0 Å². The van der Waals surface area contributed by atoms with Crippen LogP contribution in [0.15, 0.2) is 77.4 Å². The molecule has 0 saturated carbocycles. The number of hydrogen-bond acceptors (Lipinski definition) is 5. The van der Waals surface area contributed by atoms with E-state index in [2.05, 4.69) is 32.6 Å². The predicted octanol–water partition coefficient (Wildman–Crippen LogP) is 3.65. The minimum Gasteiger partial charge on any atom is -0.497 e. The van der Waals surface area contributed by atoms with Gasteiger partial charge >= 0.3 is 6.03 Å². The molecule has 32 heavy (non-hydrogen) atoms. The van der Waals surface area contributed by atoms with Crippen LogP contribution in [0.3, 0.4) is 0 Å². The van der Waals surface area contributed by atoms with E-state index >= 15 is 0 Å². The van der Waals surface area contributed by atoms with Crippen molar-refractivity contribution in [1.82, 2.24) is 15.5 Å². The molecule has 1 saturated heterocycles. The molecule has 1 aliphatic heterocycles. The van der Waals surface area contributed by atoms with Gasteiger partial charge in [-0.1, -0.05) is 30.3 Å². The van der Waals surface area contributed by atoms with Crippen LogP contribution in [0.4, 0.5) is 10.5 Å². The third-order valence-electron chi connectivity index (χ3n) is 5.82. The monoisotopic (exact) mass is 434 g/mol. The lowest BCUT2D eigenvalue weighted by molar-refractivity contribution is 0.161. The van der Waals surface area contributed by atoms with Crippen molar-refractivity contribution in [3.05, 3.63) is 84.3 Å². The number of carbonyl (C=O) groups is 1. The number of anilines is 1. The van der Waals surface area contributed by atoms with Crippen LogP contribution in [0, 0.1) is 0 Å². The minimum atomic E-state index is -0.178. The summed E-state index contributed by atoms with van der Waals surface area (Å²) in [6, 6.07) is 21.7. The second-order valence-corrected chi connectivity index (χ2v) is 7.80. The number of urea groups is 1. The minimum absolute atomic E-state index is 0.00880. The zero-order valence-electron chi connectivity index (χ0n) is 18.4. The van der Waals surface area contributed by atoms with Gasteiger partial charge in [-0.15, -0.1) is 0 Å². The van der Waals surface area contributed by atoms with Crippen LogP contribution in [0.25, 0.3) is 0 Å². The van der Waals surface area contributed by atoms with Crippen LogP contribution in [-0.2, 0) is 6.54 Å². The molecule has 1 aromatic heterocycles. The van der Waals surface area contributed by atoms with Gasteiger partial charge in [0.1, 0.15) is 11.5 Å². The first-order valence-electron chi connectivity index (χ1n) is 10.9. The molecule has 3 aromatic rings. The third kappa shape index (κ3) is 5.62. The molecule has 7 heteroatoms. The Morgan fingerprint density at radius 3 is 2.38 bits per heavy atom. The summed E-state index contributed by atoms with van der Waals surface area (Å²) in [7, 11) is 1.68. The fourth-order valence-corrected chi connectivity index (χ4v) is 4.01. The molecule has 7 nitrogen and oxygen atoms in total. The third-order valence-corrected chi connectivity index (χ3v) is 5.82. The normalized spacial score (nSPS) is 15.2. The zero-order valence-corrected chi connectivity index (χ0v) is 18.4. The highest BCUT2D eigenvalue weighted by atomic mass is 16.5. The number of methoxy groups -OCH3 is 1. The van der Waals surface area contributed by atoms with Crippen LogP contribution >= 0.6 is 0 Å². The first-order chi connectivity index (χ1) is 15.7. The van der Waals surface area contributed by atoms with Gasteiger partial charge in [0.25, 0.3) is 0 Å². The number of piperazine rings is 1. The molecule has 1 unspecified atom stereocenters. The number of nitrogens with one attached hydrogen (secondary N) is 2. The first kappa shape index (κ1) is 21.8. The molecule has 0 spiro atoms. The predicted molar refractivity (Wildman–Crippen MR) is 125 cm³/mol. The molecule has 4 rings (SSSR count). The molecular formula is C25H30N4O3. The smallest absolute Gasteiger partial charge is 0.315 e. The van der Waals surface area contributed by atoms with E-state index in [1.165, 1.54) is 5.69 Å². The SMILES string of the molecule is COc1ccc(N2CCN(C(CNC(=O)NCc3ccccc3)c3ccco3)CC2)cc1. The summed E-state index contributed by atoms with van der Waals surface area (Å²) in [4.78, 5) is 17.1. The van der Waals surface area contributed by atoms with Crippen molar-refractivity contribution in [2.24, 2.45) is 0 Å². The summed E-state index contributed by atoms with van der Waals surface area (Å²) < 4.78 is 11.0. The summed E-state index contributed by atoms with van der Waals surface area (Å²) >= 11 is 0. The summed E-state index contributed by atoms with van der Waals surface area (Å²) in [5.74, 6) is 1.73. The van der Waals surface area contributed by atoms with Crippen molar-refractivity contribution in [2.45, 2.75) is 12.6 Å². The fraction of sp³-hybridized carbons (Fsp3) is 0.320. The van der Waals surface area contributed by atoms with Gasteiger partial charge in [-0.2, -0.15) is 0 Å². The van der Waals surface area contributed by atoms with Crippen molar-refractivity contribution in [2.75, 3.05) is 44.7 Å². The van der Waals surface area contributed by atoms with Crippen LogP contribution in [0.1, 0.15) is 17.4 Å². The molecule has 0 radical (unpaired) electrons. The Morgan fingerprint density at radius 1 is 0.969 bits per heavy atom. The Labute approximate surface area is 189 Å². The highest BCUT2D eigenvalue weighted by Crippen LogP contribution is 2.25. The lowest BCUT2D eigenvalue weighted by Crippen LogP contribution is -2.50. The zero-order chi connectivity index (χ0) is 22.2. The van der Waals surface area contributed by atoms with Crippen LogP contribution < -0.4 is 20.3 Å². The molecule has 2 heterocycles. The van der Waals surface area contributed by atoms with Crippen molar-refractivity contribution >= 4 is 11.7 Å². The number of carbonyl (C=O) groups excluding carboxylic acids is 1. The summed E-state index contributed by atoms with van der Waals surface area (Å²) in [5, 5.41) is 5.94. The second-order valence-electron chi connectivity index (χ2n) is 7.80. The van der Waals surface area contributed by atoms with Gasteiger partial charge in [-0.05, 0) is 42.0 Å². The molecule has 0 bridgehead atoms. The number of hydrogen-bond donors (Lipinski definition) is 2. The van der Waals surface area contributed by atoms with Gasteiger partial charge < -0.3 is 24.7 Å². The average Bonchev–Trinajstić information content (AvgIpc) is 3.39. The molecular weight excluding hydrogens is 404 g/mol. The fourth-order valence-electron chi connectivity index (χ4n) is 4.01. The molecule has 1 atom stereocenters. The maximum Gasteiger partial charge on any atom is 0.315 e. The highest BCUT2D eigenvalue weighted by Gasteiger charge is 2.27. The van der Waals surface area contributed by atoms with Gasteiger partial charge in [-0.3, -0.25) is 4.90 Å². The lowest BCUT2D eigenvalue weighted by Gasteiger charge is -2.39. The maximum absolute atomic E-state index is 12.4. The largest absolute Gasteiger partial charge is 0.497 e. The number of rotatable bonds is 8.